The number of nitrogens with one attached hydrogen (secondary N) is 3. The van der Waals surface area contributed by atoms with E-state index in [-0.39, 0.29) is 42.9 Å². The van der Waals surface area contributed by atoms with E-state index < -0.39 is 11.8 Å². The number of Topliss-reactive ketones (excluding diaryl/α,β-unsaturated/α-hetero) is 1. The summed E-state index contributed by atoms with van der Waals surface area (Å²) in [5.74, 6) is -0.601. The van der Waals surface area contributed by atoms with E-state index in [1.807, 2.05) is 18.2 Å². The van der Waals surface area contributed by atoms with Crippen molar-refractivity contribution >= 4 is 51.9 Å². The van der Waals surface area contributed by atoms with Crippen LogP contribution in [0, 0.1) is 0 Å². The summed E-state index contributed by atoms with van der Waals surface area (Å²) in [4.78, 5) is 53.2. The van der Waals surface area contributed by atoms with Crippen LogP contribution in [0.25, 0.3) is 22.4 Å². The first-order chi connectivity index (χ1) is 20.3. The van der Waals surface area contributed by atoms with Crippen molar-refractivity contribution in [2.24, 2.45) is 5.73 Å². The molecule has 0 aliphatic rings. The van der Waals surface area contributed by atoms with Crippen molar-refractivity contribution in [1.82, 2.24) is 9.55 Å². The van der Waals surface area contributed by atoms with Crippen LogP contribution in [0.1, 0.15) is 34.3 Å². The quantitative estimate of drug-likeness (QED) is 0.169. The van der Waals surface area contributed by atoms with E-state index in [0.29, 0.717) is 39.3 Å². The number of anilines is 3. The number of ketones is 1. The Balaban J connectivity index is 1.35. The zero-order valence-electron chi connectivity index (χ0n) is 22.7. The Morgan fingerprint density at radius 3 is 2.45 bits per heavy atom. The molecular weight excluding hydrogens is 536 g/mol. The van der Waals surface area contributed by atoms with Crippen LogP contribution in [0.5, 0.6) is 0 Å². The van der Waals surface area contributed by atoms with Crippen LogP contribution in [0.3, 0.4) is 0 Å². The van der Waals surface area contributed by atoms with Gasteiger partial charge in [0.25, 0.3) is 5.91 Å². The fourth-order valence-corrected chi connectivity index (χ4v) is 4.42. The van der Waals surface area contributed by atoms with Crippen LogP contribution >= 0.6 is 0 Å². The van der Waals surface area contributed by atoms with Gasteiger partial charge in [0.15, 0.2) is 11.5 Å². The minimum atomic E-state index is -0.540. The van der Waals surface area contributed by atoms with Gasteiger partial charge in [-0.3, -0.25) is 24.5 Å². The maximum atomic E-state index is 13.2. The zero-order valence-corrected chi connectivity index (χ0v) is 22.7. The molecule has 212 valence electrons. The monoisotopic (exact) mass is 564 g/mol. The molecule has 5 aromatic rings. The second-order valence-corrected chi connectivity index (χ2v) is 9.53. The predicted molar refractivity (Wildman–Crippen MR) is 159 cm³/mol. The zero-order chi connectivity index (χ0) is 29.6. The van der Waals surface area contributed by atoms with Crippen LogP contribution in [-0.2, 0) is 16.1 Å². The third kappa shape index (κ3) is 6.53. The minimum Gasteiger partial charge on any atom is -0.451 e. The first-order valence-corrected chi connectivity index (χ1v) is 13.2. The minimum absolute atomic E-state index is 0.0372. The fraction of sp³-hybridized carbons (Fsp3) is 0.129. The van der Waals surface area contributed by atoms with Crippen LogP contribution in [0.15, 0.2) is 89.3 Å². The van der Waals surface area contributed by atoms with Gasteiger partial charge >= 0.3 is 0 Å². The molecule has 11 heteroatoms. The summed E-state index contributed by atoms with van der Waals surface area (Å²) in [7, 11) is 0. The number of furan rings is 1. The number of imidazole rings is 1. The molecule has 0 spiro atoms. The molecule has 0 saturated carbocycles. The van der Waals surface area contributed by atoms with Gasteiger partial charge in [0.2, 0.25) is 17.8 Å². The molecule has 0 saturated heterocycles. The molecule has 2 aromatic heterocycles. The summed E-state index contributed by atoms with van der Waals surface area (Å²) < 4.78 is 7.50. The van der Waals surface area contributed by atoms with Gasteiger partial charge in [-0.1, -0.05) is 42.5 Å². The highest BCUT2D eigenvalue weighted by Gasteiger charge is 2.19. The molecule has 3 amide bonds. The Kier molecular flexibility index (Phi) is 8.10. The number of primary amides is 1. The molecule has 0 aliphatic carbocycles. The summed E-state index contributed by atoms with van der Waals surface area (Å²) in [6.45, 7) is 1.71. The van der Waals surface area contributed by atoms with Crippen LogP contribution in [0.4, 0.5) is 17.3 Å². The molecule has 0 aliphatic heterocycles. The molecular formula is C31H28N6O5. The average Bonchev–Trinajstić information content (AvgIpc) is 3.60. The Morgan fingerprint density at radius 2 is 1.69 bits per heavy atom. The molecule has 0 unspecified atom stereocenters. The Hall–Kier alpha value is -5.71. The number of carbonyl (C=O) groups is 4. The van der Waals surface area contributed by atoms with Gasteiger partial charge in [-0.2, -0.15) is 0 Å². The highest BCUT2D eigenvalue weighted by atomic mass is 16.4. The summed E-state index contributed by atoms with van der Waals surface area (Å²) in [5.41, 5.74) is 9.16. The molecule has 0 radical (unpaired) electrons. The van der Waals surface area contributed by atoms with Gasteiger partial charge in [0.05, 0.1) is 17.6 Å². The maximum absolute atomic E-state index is 13.2. The van der Waals surface area contributed by atoms with Crippen molar-refractivity contribution < 1.29 is 23.6 Å². The number of rotatable bonds is 11. The maximum Gasteiger partial charge on any atom is 0.293 e. The van der Waals surface area contributed by atoms with Crippen molar-refractivity contribution in [3.63, 3.8) is 0 Å². The normalized spacial score (nSPS) is 10.8. The molecule has 5 N–H and O–H groups in total. The van der Waals surface area contributed by atoms with Crippen molar-refractivity contribution in [1.29, 1.82) is 0 Å². The number of carbonyl (C=O) groups excluding carboxylic acids is 4. The Morgan fingerprint density at radius 1 is 0.881 bits per heavy atom. The number of nitrogens with zero attached hydrogens (tertiary/aromatic N) is 2. The lowest BCUT2D eigenvalue weighted by atomic mass is 10.1. The second-order valence-electron chi connectivity index (χ2n) is 9.53. The molecule has 3 aromatic carbocycles. The van der Waals surface area contributed by atoms with Gasteiger partial charge < -0.3 is 25.4 Å². The molecule has 5 rings (SSSR count). The second kappa shape index (κ2) is 12.2. The number of hydrogen-bond donors (Lipinski definition) is 4. The number of benzene rings is 3. The number of nitrogens with two attached hydrogens (primary N) is 1. The summed E-state index contributed by atoms with van der Waals surface area (Å²) in [6.07, 6.45) is 0.0372. The van der Waals surface area contributed by atoms with Crippen molar-refractivity contribution in [2.75, 3.05) is 22.5 Å². The standard InChI is InChI=1S/C31H28N6O5/c1-19(38)34-23-9-5-8-21(16-23)27-12-13-28(42-27)30(41)36-31-35-24-17-22(10-11-25(24)37(31)15-14-29(32)40)33-18-26(39)20-6-3-2-4-7-20/h2-13,16-17,33H,14-15,18H2,1H3,(H2,32,40)(H,34,38)(H,35,36,41). The number of aromatic nitrogens is 2. The number of aryl methyl sites for hydroxylation is 1. The summed E-state index contributed by atoms with van der Waals surface area (Å²) >= 11 is 0. The Bertz CT molecular complexity index is 1790. The molecule has 2 heterocycles. The molecule has 0 fully saturated rings. The van der Waals surface area contributed by atoms with E-state index in [1.165, 1.54) is 13.0 Å². The average molecular weight is 565 g/mol. The first kappa shape index (κ1) is 27.8. The van der Waals surface area contributed by atoms with E-state index >= 15 is 0 Å². The van der Waals surface area contributed by atoms with E-state index in [0.717, 1.165) is 0 Å². The summed E-state index contributed by atoms with van der Waals surface area (Å²) in [5, 5.41) is 8.60. The topological polar surface area (TPSA) is 161 Å². The first-order valence-electron chi connectivity index (χ1n) is 13.2. The Labute approximate surface area is 240 Å². The number of hydrogen-bond acceptors (Lipinski definition) is 7. The molecule has 11 nitrogen and oxygen atoms in total. The van der Waals surface area contributed by atoms with Crippen molar-refractivity contribution in [2.45, 2.75) is 19.9 Å². The molecule has 42 heavy (non-hydrogen) atoms. The van der Waals surface area contributed by atoms with E-state index in [4.69, 9.17) is 10.2 Å². The van der Waals surface area contributed by atoms with Crippen LogP contribution < -0.4 is 21.7 Å². The lowest BCUT2D eigenvalue weighted by Crippen LogP contribution is -2.18. The van der Waals surface area contributed by atoms with Gasteiger partial charge in [-0.25, -0.2) is 4.98 Å². The SMILES string of the molecule is CC(=O)Nc1cccc(-c2ccc(C(=O)Nc3nc4cc(NCC(=O)c5ccccc5)ccc4n3CCC(N)=O)o2)c1. The van der Waals surface area contributed by atoms with Gasteiger partial charge in [0, 0.05) is 42.4 Å². The predicted octanol–water partition coefficient (Wildman–Crippen LogP) is 4.68. The lowest BCUT2D eigenvalue weighted by molar-refractivity contribution is -0.118. The summed E-state index contributed by atoms with van der Waals surface area (Å²) in [6, 6.07) is 24.6. The largest absolute Gasteiger partial charge is 0.451 e. The van der Waals surface area contributed by atoms with Crippen molar-refractivity contribution in [3.05, 3.63) is 96.3 Å². The van der Waals surface area contributed by atoms with Gasteiger partial charge in [-0.15, -0.1) is 0 Å². The molecule has 0 atom stereocenters. The molecule has 0 bridgehead atoms. The van der Waals surface area contributed by atoms with E-state index in [2.05, 4.69) is 20.9 Å². The van der Waals surface area contributed by atoms with Gasteiger partial charge in [0.1, 0.15) is 5.76 Å². The fourth-order valence-electron chi connectivity index (χ4n) is 4.42. The van der Waals surface area contributed by atoms with Crippen LogP contribution in [-0.4, -0.2) is 39.6 Å². The smallest absolute Gasteiger partial charge is 0.293 e. The number of fused-ring (bicyclic) bond motifs is 1. The van der Waals surface area contributed by atoms with E-state index in [1.54, 1.807) is 65.2 Å². The highest BCUT2D eigenvalue weighted by Crippen LogP contribution is 2.27. The van der Waals surface area contributed by atoms with Crippen LogP contribution in [0.2, 0.25) is 0 Å². The number of amides is 3. The third-order valence-electron chi connectivity index (χ3n) is 6.40. The highest BCUT2D eigenvalue weighted by molar-refractivity contribution is 6.03. The lowest BCUT2D eigenvalue weighted by Gasteiger charge is -2.09. The third-order valence-corrected chi connectivity index (χ3v) is 6.40. The van der Waals surface area contributed by atoms with Gasteiger partial charge in [-0.05, 0) is 42.5 Å². The van der Waals surface area contributed by atoms with Crippen molar-refractivity contribution in [3.8, 4) is 11.3 Å². The van der Waals surface area contributed by atoms with E-state index in [9.17, 15) is 19.2 Å².